The number of ether oxygens (including phenoxy) is 3. The fraction of sp³-hybridized carbons (Fsp3) is 0.381. The molecule has 1 unspecified atom stereocenters. The van der Waals surface area contributed by atoms with E-state index in [4.69, 9.17) is 14.2 Å². The van der Waals surface area contributed by atoms with Crippen LogP contribution < -0.4 is 4.74 Å². The van der Waals surface area contributed by atoms with E-state index in [1.165, 1.54) is 0 Å². The number of aromatic nitrogens is 1. The van der Waals surface area contributed by atoms with Crippen molar-refractivity contribution in [1.29, 1.82) is 0 Å². The summed E-state index contributed by atoms with van der Waals surface area (Å²) in [5.74, 6) is 6.19. The van der Waals surface area contributed by atoms with Gasteiger partial charge in [-0.05, 0) is 38.5 Å². The van der Waals surface area contributed by atoms with E-state index in [1.54, 1.807) is 6.20 Å². The second kappa shape index (κ2) is 7.26. The summed E-state index contributed by atoms with van der Waals surface area (Å²) in [7, 11) is 0. The molecule has 1 aromatic heterocycles. The van der Waals surface area contributed by atoms with E-state index in [0.29, 0.717) is 19.0 Å². The molecule has 3 rings (SSSR count). The Kier molecular flexibility index (Phi) is 5.08. The standard InChI is InChI=1S/C21H23NO3/c1-4-21(16-24-20(2,3)25-21)18-13-19(15-22-14-18)23-12-8-11-17-9-6-5-7-10-17/h5-7,9-10,13-15H,4,12,16H2,1-3H3. The molecule has 0 aliphatic carbocycles. The summed E-state index contributed by atoms with van der Waals surface area (Å²) < 4.78 is 17.7. The summed E-state index contributed by atoms with van der Waals surface area (Å²) in [4.78, 5) is 4.30. The molecular weight excluding hydrogens is 314 g/mol. The molecule has 2 aromatic rings. The van der Waals surface area contributed by atoms with E-state index in [2.05, 4.69) is 23.7 Å². The molecule has 1 aliphatic rings. The highest BCUT2D eigenvalue weighted by Crippen LogP contribution is 2.41. The minimum absolute atomic E-state index is 0.308. The molecule has 25 heavy (non-hydrogen) atoms. The van der Waals surface area contributed by atoms with Crippen molar-refractivity contribution in [2.45, 2.75) is 38.6 Å². The molecule has 4 nitrogen and oxygen atoms in total. The summed E-state index contributed by atoms with van der Waals surface area (Å²) in [6.45, 7) is 6.76. The van der Waals surface area contributed by atoms with Crippen LogP contribution in [0.3, 0.4) is 0 Å². The van der Waals surface area contributed by atoms with Crippen molar-refractivity contribution in [3.63, 3.8) is 0 Å². The van der Waals surface area contributed by atoms with E-state index < -0.39 is 11.4 Å². The van der Waals surface area contributed by atoms with Crippen molar-refractivity contribution < 1.29 is 14.2 Å². The zero-order valence-corrected chi connectivity index (χ0v) is 14.9. The van der Waals surface area contributed by atoms with Gasteiger partial charge in [0.05, 0.1) is 12.8 Å². The monoisotopic (exact) mass is 337 g/mol. The zero-order valence-electron chi connectivity index (χ0n) is 14.9. The molecule has 1 fully saturated rings. The van der Waals surface area contributed by atoms with Crippen LogP contribution in [0.1, 0.15) is 38.3 Å². The van der Waals surface area contributed by atoms with Crippen LogP contribution in [0, 0.1) is 11.8 Å². The predicted octanol–water partition coefficient (Wildman–Crippen LogP) is 3.90. The molecule has 4 heteroatoms. The molecule has 0 N–H and O–H groups in total. The summed E-state index contributed by atoms with van der Waals surface area (Å²) in [5, 5.41) is 0. The number of pyridine rings is 1. The first-order valence-electron chi connectivity index (χ1n) is 8.49. The molecule has 1 aliphatic heterocycles. The van der Waals surface area contributed by atoms with Crippen LogP contribution >= 0.6 is 0 Å². The molecule has 0 saturated carbocycles. The Labute approximate surface area is 149 Å². The number of benzene rings is 1. The topological polar surface area (TPSA) is 40.6 Å². The van der Waals surface area contributed by atoms with Crippen LogP contribution in [0.15, 0.2) is 48.8 Å². The number of hydrogen-bond donors (Lipinski definition) is 0. The lowest BCUT2D eigenvalue weighted by molar-refractivity contribution is -0.164. The van der Waals surface area contributed by atoms with Gasteiger partial charge in [-0.15, -0.1) is 0 Å². The Bertz CT molecular complexity index is 776. The average molecular weight is 337 g/mol. The molecule has 1 atom stereocenters. The average Bonchev–Trinajstić information content (AvgIpc) is 2.96. The maximum Gasteiger partial charge on any atom is 0.164 e. The highest BCUT2D eigenvalue weighted by molar-refractivity contribution is 5.34. The number of rotatable bonds is 4. The largest absolute Gasteiger partial charge is 0.479 e. The van der Waals surface area contributed by atoms with Crippen molar-refractivity contribution in [2.24, 2.45) is 0 Å². The van der Waals surface area contributed by atoms with Crippen LogP contribution in [0.25, 0.3) is 0 Å². The van der Waals surface area contributed by atoms with Gasteiger partial charge in [0.1, 0.15) is 18.0 Å². The second-order valence-corrected chi connectivity index (χ2v) is 6.50. The van der Waals surface area contributed by atoms with E-state index in [-0.39, 0.29) is 0 Å². The number of nitrogens with zero attached hydrogens (tertiary/aromatic N) is 1. The van der Waals surface area contributed by atoms with Gasteiger partial charge in [0, 0.05) is 17.3 Å². The molecule has 0 bridgehead atoms. The third kappa shape index (κ3) is 4.19. The van der Waals surface area contributed by atoms with Crippen molar-refractivity contribution >= 4 is 0 Å². The van der Waals surface area contributed by atoms with Crippen LogP contribution in [-0.2, 0) is 15.1 Å². The quantitative estimate of drug-likeness (QED) is 0.794. The summed E-state index contributed by atoms with van der Waals surface area (Å²) >= 11 is 0. The lowest BCUT2D eigenvalue weighted by Crippen LogP contribution is -2.31. The van der Waals surface area contributed by atoms with Crippen LogP contribution in [-0.4, -0.2) is 24.0 Å². The fourth-order valence-electron chi connectivity index (χ4n) is 2.87. The van der Waals surface area contributed by atoms with Crippen molar-refractivity contribution in [3.05, 3.63) is 59.9 Å². The Morgan fingerprint density at radius 2 is 2.00 bits per heavy atom. The van der Waals surface area contributed by atoms with Crippen molar-refractivity contribution in [3.8, 4) is 17.6 Å². The minimum Gasteiger partial charge on any atom is -0.479 e. The summed E-state index contributed by atoms with van der Waals surface area (Å²) in [6.07, 6.45) is 4.31. The van der Waals surface area contributed by atoms with E-state index in [1.807, 2.05) is 56.4 Å². The summed E-state index contributed by atoms with van der Waals surface area (Å²) in [5.41, 5.74) is 1.46. The Morgan fingerprint density at radius 3 is 2.68 bits per heavy atom. The maximum absolute atomic E-state index is 6.16. The third-order valence-corrected chi connectivity index (χ3v) is 4.22. The normalized spacial score (nSPS) is 21.4. The lowest BCUT2D eigenvalue weighted by Gasteiger charge is -2.28. The van der Waals surface area contributed by atoms with Crippen LogP contribution in [0.4, 0.5) is 0 Å². The SMILES string of the molecule is CCC1(c2cncc(OCC#Cc3ccccc3)c2)COC(C)(C)O1. The molecule has 2 heterocycles. The van der Waals surface area contributed by atoms with Gasteiger partial charge in [0.2, 0.25) is 0 Å². The smallest absolute Gasteiger partial charge is 0.164 e. The van der Waals surface area contributed by atoms with E-state index in [0.717, 1.165) is 17.5 Å². The Hall–Kier alpha value is -2.35. The maximum atomic E-state index is 6.16. The van der Waals surface area contributed by atoms with Gasteiger partial charge in [-0.2, -0.15) is 0 Å². The number of hydrogen-bond acceptors (Lipinski definition) is 4. The van der Waals surface area contributed by atoms with Crippen molar-refractivity contribution in [1.82, 2.24) is 4.98 Å². The fourth-order valence-corrected chi connectivity index (χ4v) is 2.87. The first-order chi connectivity index (χ1) is 12.0. The minimum atomic E-state index is -0.589. The Balaban J connectivity index is 1.69. The van der Waals surface area contributed by atoms with Gasteiger partial charge in [0.25, 0.3) is 0 Å². The highest BCUT2D eigenvalue weighted by Gasteiger charge is 2.45. The Morgan fingerprint density at radius 1 is 1.20 bits per heavy atom. The van der Waals surface area contributed by atoms with Crippen molar-refractivity contribution in [2.75, 3.05) is 13.2 Å². The van der Waals surface area contributed by atoms with Gasteiger partial charge in [-0.3, -0.25) is 4.98 Å². The predicted molar refractivity (Wildman–Crippen MR) is 96.1 cm³/mol. The molecule has 0 radical (unpaired) electrons. The second-order valence-electron chi connectivity index (χ2n) is 6.50. The van der Waals surface area contributed by atoms with Crippen LogP contribution in [0.5, 0.6) is 5.75 Å². The molecular formula is C21H23NO3. The van der Waals surface area contributed by atoms with Gasteiger partial charge >= 0.3 is 0 Å². The van der Waals surface area contributed by atoms with Crippen LogP contribution in [0.2, 0.25) is 0 Å². The van der Waals surface area contributed by atoms with E-state index >= 15 is 0 Å². The molecule has 130 valence electrons. The lowest BCUT2D eigenvalue weighted by atomic mass is 9.93. The molecule has 0 spiro atoms. The van der Waals surface area contributed by atoms with Gasteiger partial charge in [-0.25, -0.2) is 0 Å². The van der Waals surface area contributed by atoms with Gasteiger partial charge in [-0.1, -0.05) is 37.0 Å². The molecule has 1 saturated heterocycles. The first kappa shape index (κ1) is 17.5. The molecule has 1 aromatic carbocycles. The third-order valence-electron chi connectivity index (χ3n) is 4.22. The van der Waals surface area contributed by atoms with E-state index in [9.17, 15) is 0 Å². The highest BCUT2D eigenvalue weighted by atomic mass is 16.8. The summed E-state index contributed by atoms with van der Waals surface area (Å²) in [6, 6.07) is 11.8. The van der Waals surface area contributed by atoms with Gasteiger partial charge in [0.15, 0.2) is 5.79 Å². The zero-order chi connectivity index (χ0) is 17.8. The first-order valence-corrected chi connectivity index (χ1v) is 8.49. The molecule has 0 amide bonds. The van der Waals surface area contributed by atoms with Gasteiger partial charge < -0.3 is 14.2 Å².